The van der Waals surface area contributed by atoms with Crippen LogP contribution in [0.4, 0.5) is 5.95 Å². The summed E-state index contributed by atoms with van der Waals surface area (Å²) >= 11 is 17.5. The summed E-state index contributed by atoms with van der Waals surface area (Å²) in [5.74, 6) is 1.79. The fourth-order valence-corrected chi connectivity index (χ4v) is 5.48. The SMILES string of the molecule is CCOc1cc(C2C(C(N)=O)=C(C)Nc3nc(SCC)nn32)cc(Br)c1OCc1ccc(Cl)cc1Cl. The Bertz CT molecular complexity index is 1350. The van der Waals surface area contributed by atoms with Crippen molar-refractivity contribution in [2.45, 2.75) is 38.6 Å². The normalized spacial score (nSPS) is 14.9. The van der Waals surface area contributed by atoms with Crippen LogP contribution in [0.15, 0.2) is 51.2 Å². The fourth-order valence-electron chi connectivity index (χ4n) is 3.89. The van der Waals surface area contributed by atoms with Crippen LogP contribution < -0.4 is 20.5 Å². The van der Waals surface area contributed by atoms with Crippen LogP contribution in [0.5, 0.6) is 11.5 Å². The molecule has 0 radical (unpaired) electrons. The van der Waals surface area contributed by atoms with Crippen molar-refractivity contribution in [2.75, 3.05) is 17.7 Å². The average Bonchev–Trinajstić information content (AvgIpc) is 3.20. The highest BCUT2D eigenvalue weighted by Crippen LogP contribution is 2.43. The Morgan fingerprint density at radius 2 is 2.03 bits per heavy atom. The summed E-state index contributed by atoms with van der Waals surface area (Å²) in [6.07, 6.45) is 0. The molecule has 190 valence electrons. The summed E-state index contributed by atoms with van der Waals surface area (Å²) in [7, 11) is 0. The fraction of sp³-hybridized carbons (Fsp3) is 0.292. The van der Waals surface area contributed by atoms with E-state index in [1.165, 1.54) is 11.8 Å². The third kappa shape index (κ3) is 5.46. The van der Waals surface area contributed by atoms with Gasteiger partial charge in [0.2, 0.25) is 17.0 Å². The van der Waals surface area contributed by atoms with Crippen LogP contribution in [0.3, 0.4) is 0 Å². The number of thioether (sulfide) groups is 1. The van der Waals surface area contributed by atoms with E-state index in [0.717, 1.165) is 16.9 Å². The van der Waals surface area contributed by atoms with Crippen molar-refractivity contribution in [1.29, 1.82) is 0 Å². The maximum atomic E-state index is 12.5. The first-order valence-electron chi connectivity index (χ1n) is 11.1. The summed E-state index contributed by atoms with van der Waals surface area (Å²) in [6, 6.07) is 8.33. The van der Waals surface area contributed by atoms with E-state index in [0.29, 0.717) is 55.0 Å². The summed E-state index contributed by atoms with van der Waals surface area (Å²) in [6.45, 7) is 6.31. The first kappa shape index (κ1) is 26.7. The van der Waals surface area contributed by atoms with Crippen molar-refractivity contribution in [2.24, 2.45) is 5.73 Å². The molecule has 0 aliphatic carbocycles. The van der Waals surface area contributed by atoms with E-state index in [2.05, 4.69) is 31.3 Å². The highest BCUT2D eigenvalue weighted by Gasteiger charge is 2.34. The first-order valence-corrected chi connectivity index (χ1v) is 13.7. The third-order valence-corrected chi connectivity index (χ3v) is 7.30. The van der Waals surface area contributed by atoms with Gasteiger partial charge in [0.1, 0.15) is 12.6 Å². The minimum Gasteiger partial charge on any atom is -0.490 e. The molecule has 0 spiro atoms. The quantitative estimate of drug-likeness (QED) is 0.277. The second-order valence-electron chi connectivity index (χ2n) is 7.81. The number of fused-ring (bicyclic) bond motifs is 1. The second-order valence-corrected chi connectivity index (χ2v) is 10.7. The van der Waals surface area contributed by atoms with Crippen LogP contribution in [0.2, 0.25) is 10.0 Å². The average molecular weight is 613 g/mol. The number of anilines is 1. The van der Waals surface area contributed by atoms with Gasteiger partial charge in [-0.05, 0) is 65.4 Å². The van der Waals surface area contributed by atoms with Gasteiger partial charge in [-0.15, -0.1) is 5.10 Å². The maximum absolute atomic E-state index is 12.5. The molecule has 12 heteroatoms. The maximum Gasteiger partial charge on any atom is 0.248 e. The molecule has 0 saturated heterocycles. The molecule has 1 unspecified atom stereocenters. The predicted molar refractivity (Wildman–Crippen MR) is 146 cm³/mol. The molecular weight excluding hydrogens is 589 g/mol. The number of aromatic nitrogens is 3. The summed E-state index contributed by atoms with van der Waals surface area (Å²) in [5, 5.41) is 9.45. The van der Waals surface area contributed by atoms with E-state index in [-0.39, 0.29) is 6.61 Å². The van der Waals surface area contributed by atoms with Crippen molar-refractivity contribution in [3.63, 3.8) is 0 Å². The summed E-state index contributed by atoms with van der Waals surface area (Å²) in [4.78, 5) is 17.1. The van der Waals surface area contributed by atoms with Gasteiger partial charge < -0.3 is 20.5 Å². The molecule has 2 aromatic carbocycles. The molecule has 36 heavy (non-hydrogen) atoms. The molecule has 8 nitrogen and oxygen atoms in total. The van der Waals surface area contributed by atoms with Crippen molar-refractivity contribution in [3.8, 4) is 11.5 Å². The predicted octanol–water partition coefficient (Wildman–Crippen LogP) is 6.21. The molecule has 4 rings (SSSR count). The van der Waals surface area contributed by atoms with Crippen molar-refractivity contribution < 1.29 is 14.3 Å². The van der Waals surface area contributed by atoms with Crippen LogP contribution in [-0.4, -0.2) is 33.0 Å². The van der Waals surface area contributed by atoms with Crippen LogP contribution in [0.1, 0.15) is 37.9 Å². The van der Waals surface area contributed by atoms with Gasteiger partial charge in [-0.25, -0.2) is 4.68 Å². The van der Waals surface area contributed by atoms with E-state index in [4.69, 9.17) is 38.4 Å². The van der Waals surface area contributed by atoms with Crippen LogP contribution in [0, 0.1) is 0 Å². The number of rotatable bonds is 9. The molecule has 2 heterocycles. The molecule has 1 aromatic heterocycles. The zero-order valence-corrected chi connectivity index (χ0v) is 23.7. The minimum atomic E-state index is -0.604. The van der Waals surface area contributed by atoms with E-state index in [1.807, 2.05) is 32.0 Å². The van der Waals surface area contributed by atoms with Crippen LogP contribution in [0.25, 0.3) is 0 Å². The molecule has 1 aliphatic heterocycles. The zero-order valence-electron chi connectivity index (χ0n) is 19.8. The molecule has 1 aliphatic rings. The number of primary amides is 1. The Kier molecular flexibility index (Phi) is 8.39. The summed E-state index contributed by atoms with van der Waals surface area (Å²) in [5.41, 5.74) is 8.33. The zero-order chi connectivity index (χ0) is 26.0. The number of ether oxygens (including phenoxy) is 2. The Morgan fingerprint density at radius 1 is 1.25 bits per heavy atom. The molecular formula is C24H24BrCl2N5O3S. The van der Waals surface area contributed by atoms with Gasteiger partial charge in [-0.3, -0.25) is 4.79 Å². The number of carbonyl (C=O) groups excluding carboxylic acids is 1. The number of benzene rings is 2. The van der Waals surface area contributed by atoms with E-state index in [1.54, 1.807) is 23.7 Å². The Balaban J connectivity index is 1.77. The number of carbonyl (C=O) groups is 1. The standard InChI is InChI=1S/C24H24BrCl2N5O3S/c1-4-34-18-9-14(8-16(25)21(18)35-11-13-6-7-15(26)10-17(13)27)20-19(22(28)33)12(3)29-23-30-24(36-5-2)31-32(20)23/h6-10,20H,4-5,11H2,1-3H3,(H2,28,33)(H,29,30,31). The van der Waals surface area contributed by atoms with Crippen molar-refractivity contribution in [3.05, 3.63) is 67.2 Å². The van der Waals surface area contributed by atoms with Gasteiger partial charge in [-0.1, -0.05) is 48.0 Å². The number of nitrogens with zero attached hydrogens (tertiary/aromatic N) is 3. The highest BCUT2D eigenvalue weighted by atomic mass is 79.9. The van der Waals surface area contributed by atoms with E-state index < -0.39 is 11.9 Å². The van der Waals surface area contributed by atoms with Gasteiger partial charge in [0.15, 0.2) is 11.5 Å². The number of hydrogen-bond donors (Lipinski definition) is 2. The van der Waals surface area contributed by atoms with E-state index >= 15 is 0 Å². The van der Waals surface area contributed by atoms with Crippen molar-refractivity contribution in [1.82, 2.24) is 14.8 Å². The molecule has 0 saturated carbocycles. The van der Waals surface area contributed by atoms with Crippen LogP contribution >= 0.6 is 50.9 Å². The topological polar surface area (TPSA) is 104 Å². The Labute approximate surface area is 231 Å². The number of allylic oxidation sites excluding steroid dienone is 1. The van der Waals surface area contributed by atoms with Gasteiger partial charge in [0, 0.05) is 21.3 Å². The largest absolute Gasteiger partial charge is 0.490 e. The van der Waals surface area contributed by atoms with Crippen LogP contribution in [-0.2, 0) is 11.4 Å². The molecule has 0 bridgehead atoms. The number of nitrogens with two attached hydrogens (primary N) is 1. The smallest absolute Gasteiger partial charge is 0.248 e. The Morgan fingerprint density at radius 3 is 2.69 bits per heavy atom. The van der Waals surface area contributed by atoms with Gasteiger partial charge >= 0.3 is 0 Å². The lowest BCUT2D eigenvalue weighted by atomic mass is 9.95. The molecule has 0 fully saturated rings. The summed E-state index contributed by atoms with van der Waals surface area (Å²) < 4.78 is 14.4. The molecule has 1 atom stereocenters. The molecule has 3 N–H and O–H groups in total. The third-order valence-electron chi connectivity index (χ3n) is 5.41. The second kappa shape index (κ2) is 11.3. The lowest BCUT2D eigenvalue weighted by Gasteiger charge is -2.28. The van der Waals surface area contributed by atoms with Gasteiger partial charge in [0.05, 0.1) is 16.7 Å². The number of nitrogens with one attached hydrogen (secondary N) is 1. The number of hydrogen-bond acceptors (Lipinski definition) is 7. The monoisotopic (exact) mass is 611 g/mol. The number of amides is 1. The van der Waals surface area contributed by atoms with E-state index in [9.17, 15) is 4.79 Å². The van der Waals surface area contributed by atoms with Gasteiger partial charge in [0.25, 0.3) is 0 Å². The highest BCUT2D eigenvalue weighted by molar-refractivity contribution is 9.10. The Hall–Kier alpha value is -2.40. The first-order chi connectivity index (χ1) is 17.2. The molecule has 3 aromatic rings. The lowest BCUT2D eigenvalue weighted by molar-refractivity contribution is -0.115. The van der Waals surface area contributed by atoms with Gasteiger partial charge in [-0.2, -0.15) is 4.98 Å². The minimum absolute atomic E-state index is 0.206. The lowest BCUT2D eigenvalue weighted by Crippen LogP contribution is -2.32. The number of halogens is 3. The molecule has 1 amide bonds. The van der Waals surface area contributed by atoms with Crippen molar-refractivity contribution >= 4 is 62.7 Å².